The van der Waals surface area contributed by atoms with Crippen molar-refractivity contribution in [2.75, 3.05) is 18.0 Å². The minimum absolute atomic E-state index is 0.0273. The lowest BCUT2D eigenvalue weighted by Crippen LogP contribution is -2.50. The Bertz CT molecular complexity index is 640. The number of fused-ring (bicyclic) bond motifs is 1. The van der Waals surface area contributed by atoms with Crippen LogP contribution >= 0.6 is 0 Å². The Morgan fingerprint density at radius 2 is 1.79 bits per heavy atom. The van der Waals surface area contributed by atoms with Gasteiger partial charge in [0.15, 0.2) is 0 Å². The second-order valence-corrected chi connectivity index (χ2v) is 5.93. The van der Waals surface area contributed by atoms with Crippen molar-refractivity contribution in [3.8, 4) is 0 Å². The maximum atomic E-state index is 12.3. The molecule has 0 atom stereocenters. The zero-order valence-electron chi connectivity index (χ0n) is 12.9. The highest BCUT2D eigenvalue weighted by Crippen LogP contribution is 2.32. The molecular weight excluding hydrogens is 325 g/mol. The molecule has 3 rings (SSSR count). The molecule has 0 spiro atoms. The third-order valence-corrected chi connectivity index (χ3v) is 4.36. The molecule has 0 N–H and O–H groups in total. The molecule has 2 aliphatic heterocycles. The van der Waals surface area contributed by atoms with Crippen LogP contribution in [0.1, 0.15) is 24.8 Å². The first-order valence-corrected chi connectivity index (χ1v) is 7.80. The zero-order chi connectivity index (χ0) is 17.3. The first-order chi connectivity index (χ1) is 11.4. The van der Waals surface area contributed by atoms with Gasteiger partial charge >= 0.3 is 12.1 Å². The summed E-state index contributed by atoms with van der Waals surface area (Å²) in [7, 11) is 0. The van der Waals surface area contributed by atoms with Crippen molar-refractivity contribution in [3.05, 3.63) is 29.8 Å². The zero-order valence-corrected chi connectivity index (χ0v) is 12.9. The maximum absolute atomic E-state index is 12.3. The van der Waals surface area contributed by atoms with Crippen LogP contribution in [-0.2, 0) is 20.8 Å². The number of aryl methyl sites for hydroxylation is 1. The number of carbonyl (C=O) groups excluding carboxylic acids is 2. The van der Waals surface area contributed by atoms with Gasteiger partial charge < -0.3 is 9.74 Å². The summed E-state index contributed by atoms with van der Waals surface area (Å²) in [6.07, 6.45) is -2.97. The highest BCUT2D eigenvalue weighted by atomic mass is 19.4. The van der Waals surface area contributed by atoms with Crippen LogP contribution in [0.15, 0.2) is 24.3 Å². The van der Waals surface area contributed by atoms with Gasteiger partial charge in [0.2, 0.25) is 5.91 Å². The van der Waals surface area contributed by atoms with E-state index in [2.05, 4.69) is 4.84 Å². The number of para-hydroxylation sites is 1. The van der Waals surface area contributed by atoms with Gasteiger partial charge in [0.25, 0.3) is 0 Å². The van der Waals surface area contributed by atoms with Gasteiger partial charge in [-0.25, -0.2) is 4.79 Å². The van der Waals surface area contributed by atoms with Gasteiger partial charge in [-0.2, -0.15) is 13.2 Å². The molecule has 0 aromatic heterocycles. The SMILES string of the molecule is O=C1CCc2ccccc2N1C1CCN(OC(=O)C(F)(F)F)CC1. The predicted molar refractivity (Wildman–Crippen MR) is 79.0 cm³/mol. The van der Waals surface area contributed by atoms with E-state index < -0.39 is 12.1 Å². The molecule has 8 heteroatoms. The van der Waals surface area contributed by atoms with Gasteiger partial charge in [0.05, 0.1) is 0 Å². The first kappa shape index (κ1) is 16.8. The highest BCUT2D eigenvalue weighted by molar-refractivity contribution is 5.97. The van der Waals surface area contributed by atoms with E-state index in [1.165, 1.54) is 0 Å². The molecule has 0 bridgehead atoms. The molecule has 1 aromatic carbocycles. The molecule has 0 unspecified atom stereocenters. The van der Waals surface area contributed by atoms with Crippen molar-refractivity contribution in [3.63, 3.8) is 0 Å². The van der Waals surface area contributed by atoms with E-state index in [4.69, 9.17) is 0 Å². The van der Waals surface area contributed by atoms with Gasteiger partial charge in [-0.1, -0.05) is 18.2 Å². The molecule has 0 radical (unpaired) electrons. The van der Waals surface area contributed by atoms with Gasteiger partial charge in [0.1, 0.15) is 0 Å². The summed E-state index contributed by atoms with van der Waals surface area (Å²) in [5.41, 5.74) is 1.97. The monoisotopic (exact) mass is 342 g/mol. The lowest BCUT2D eigenvalue weighted by molar-refractivity contribution is -0.241. The molecule has 130 valence electrons. The number of carbonyl (C=O) groups is 2. The third-order valence-electron chi connectivity index (χ3n) is 4.36. The summed E-state index contributed by atoms with van der Waals surface area (Å²) in [6.45, 7) is 0.330. The Kier molecular flexibility index (Phi) is 4.49. The lowest BCUT2D eigenvalue weighted by Gasteiger charge is -2.40. The van der Waals surface area contributed by atoms with Crippen molar-refractivity contribution < 1.29 is 27.6 Å². The van der Waals surface area contributed by atoms with Crippen molar-refractivity contribution in [2.24, 2.45) is 0 Å². The van der Waals surface area contributed by atoms with Gasteiger partial charge in [0, 0.05) is 31.2 Å². The second kappa shape index (κ2) is 6.43. The Hall–Kier alpha value is -2.09. The average Bonchev–Trinajstić information content (AvgIpc) is 2.55. The number of piperidine rings is 1. The summed E-state index contributed by atoms with van der Waals surface area (Å²) >= 11 is 0. The van der Waals surface area contributed by atoms with E-state index in [9.17, 15) is 22.8 Å². The summed E-state index contributed by atoms with van der Waals surface area (Å²) in [5, 5.41) is 1.02. The fourth-order valence-electron chi connectivity index (χ4n) is 3.21. The van der Waals surface area contributed by atoms with Gasteiger partial charge in [-0.05, 0) is 30.9 Å². The number of hydroxylamine groups is 2. The third kappa shape index (κ3) is 3.38. The van der Waals surface area contributed by atoms with Crippen LogP contribution in [-0.4, -0.2) is 42.2 Å². The molecule has 1 fully saturated rings. The van der Waals surface area contributed by atoms with Crippen molar-refractivity contribution in [1.82, 2.24) is 5.06 Å². The largest absolute Gasteiger partial charge is 0.492 e. The normalized spacial score (nSPS) is 20.0. The molecule has 1 aromatic rings. The van der Waals surface area contributed by atoms with E-state index in [0.29, 0.717) is 25.7 Å². The first-order valence-electron chi connectivity index (χ1n) is 7.80. The standard InChI is InChI=1S/C16H17F3N2O3/c17-16(18,19)15(23)24-20-9-7-12(8-10-20)21-13-4-2-1-3-11(13)5-6-14(21)22/h1-4,12H,5-10H2. The molecule has 24 heavy (non-hydrogen) atoms. The fourth-order valence-corrected chi connectivity index (χ4v) is 3.21. The molecule has 1 saturated heterocycles. The summed E-state index contributed by atoms with van der Waals surface area (Å²) < 4.78 is 36.7. The maximum Gasteiger partial charge on any atom is 0.492 e. The quantitative estimate of drug-likeness (QED) is 0.828. The fraction of sp³-hybridized carbons (Fsp3) is 0.500. The smallest absolute Gasteiger partial charge is 0.361 e. The number of hydrogen-bond acceptors (Lipinski definition) is 4. The Balaban J connectivity index is 1.65. The Morgan fingerprint density at radius 1 is 1.12 bits per heavy atom. The average molecular weight is 342 g/mol. The Morgan fingerprint density at radius 3 is 2.46 bits per heavy atom. The molecule has 0 aliphatic carbocycles. The molecule has 2 heterocycles. The van der Waals surface area contributed by atoms with E-state index in [-0.39, 0.29) is 25.0 Å². The number of amides is 1. The number of hydrogen-bond donors (Lipinski definition) is 0. The second-order valence-electron chi connectivity index (χ2n) is 5.93. The van der Waals surface area contributed by atoms with Crippen molar-refractivity contribution >= 4 is 17.6 Å². The highest BCUT2D eigenvalue weighted by Gasteiger charge is 2.43. The van der Waals surface area contributed by atoms with E-state index in [1.54, 1.807) is 4.90 Å². The topological polar surface area (TPSA) is 49.9 Å². The number of rotatable bonds is 2. The number of anilines is 1. The minimum Gasteiger partial charge on any atom is -0.361 e. The van der Waals surface area contributed by atoms with Crippen LogP contribution in [0.4, 0.5) is 18.9 Å². The number of halogens is 3. The molecule has 2 aliphatic rings. The van der Waals surface area contributed by atoms with E-state index in [1.807, 2.05) is 24.3 Å². The lowest BCUT2D eigenvalue weighted by atomic mass is 9.96. The van der Waals surface area contributed by atoms with Gasteiger partial charge in [-0.15, -0.1) is 5.06 Å². The van der Waals surface area contributed by atoms with Crippen molar-refractivity contribution in [1.29, 1.82) is 0 Å². The number of benzene rings is 1. The number of nitrogens with zero attached hydrogens (tertiary/aromatic N) is 2. The predicted octanol–water partition coefficient (Wildman–Crippen LogP) is 2.45. The van der Waals surface area contributed by atoms with Crippen LogP contribution in [0.5, 0.6) is 0 Å². The Labute approximate surface area is 136 Å². The van der Waals surface area contributed by atoms with Crippen molar-refractivity contribution in [2.45, 2.75) is 37.9 Å². The number of alkyl halides is 3. The molecular formula is C16H17F3N2O3. The van der Waals surface area contributed by atoms with Crippen LogP contribution < -0.4 is 4.90 Å². The summed E-state index contributed by atoms with van der Waals surface area (Å²) in [5.74, 6) is -2.18. The van der Waals surface area contributed by atoms with Gasteiger partial charge in [-0.3, -0.25) is 4.79 Å². The van der Waals surface area contributed by atoms with Crippen LogP contribution in [0.2, 0.25) is 0 Å². The van der Waals surface area contributed by atoms with Crippen LogP contribution in [0, 0.1) is 0 Å². The molecule has 0 saturated carbocycles. The van der Waals surface area contributed by atoms with Crippen LogP contribution in [0.25, 0.3) is 0 Å². The van der Waals surface area contributed by atoms with E-state index >= 15 is 0 Å². The van der Waals surface area contributed by atoms with Crippen LogP contribution in [0.3, 0.4) is 0 Å². The van der Waals surface area contributed by atoms with E-state index in [0.717, 1.165) is 16.3 Å². The summed E-state index contributed by atoms with van der Waals surface area (Å²) in [6, 6.07) is 7.56. The molecule has 1 amide bonds. The summed E-state index contributed by atoms with van der Waals surface area (Å²) in [4.78, 5) is 29.3. The molecule has 5 nitrogen and oxygen atoms in total. The minimum atomic E-state index is -5.00.